The molecule has 0 saturated heterocycles. The van der Waals surface area contributed by atoms with Crippen LogP contribution in [0.5, 0.6) is 11.5 Å². The molecule has 2 aliphatic rings. The summed E-state index contributed by atoms with van der Waals surface area (Å²) in [7, 11) is 0. The van der Waals surface area contributed by atoms with Gasteiger partial charge in [-0.25, -0.2) is 0 Å². The monoisotopic (exact) mass is 684 g/mol. The van der Waals surface area contributed by atoms with Crippen LogP contribution in [0.3, 0.4) is 0 Å². The molecule has 0 bridgehead atoms. The Balaban J connectivity index is 1.24. The highest BCUT2D eigenvalue weighted by atomic mass is 16.5. The molecule has 0 N–H and O–H groups in total. The lowest BCUT2D eigenvalue weighted by atomic mass is 9.65. The molecule has 10 aromatic carbocycles. The highest BCUT2D eigenvalue weighted by Crippen LogP contribution is 2.64. The zero-order valence-electron chi connectivity index (χ0n) is 29.4. The van der Waals surface area contributed by atoms with Gasteiger partial charge < -0.3 is 4.74 Å². The first-order valence-corrected chi connectivity index (χ1v) is 18.8. The minimum absolute atomic E-state index is 0.558. The molecule has 0 unspecified atom stereocenters. The van der Waals surface area contributed by atoms with Crippen molar-refractivity contribution in [3.63, 3.8) is 0 Å². The molecule has 0 amide bonds. The third-order valence-corrected chi connectivity index (χ3v) is 12.1. The minimum Gasteiger partial charge on any atom is -0.457 e. The predicted octanol–water partition coefficient (Wildman–Crippen LogP) is 14.1. The quantitative estimate of drug-likeness (QED) is 0.130. The number of hydrogen-bond donors (Lipinski definition) is 0. The van der Waals surface area contributed by atoms with E-state index in [-0.39, 0.29) is 0 Å². The van der Waals surface area contributed by atoms with Crippen LogP contribution in [0.25, 0.3) is 76.5 Å². The van der Waals surface area contributed by atoms with E-state index in [9.17, 15) is 0 Å². The Kier molecular flexibility index (Phi) is 6.04. The van der Waals surface area contributed by atoms with Gasteiger partial charge in [-0.15, -0.1) is 0 Å². The predicted molar refractivity (Wildman–Crippen MR) is 225 cm³/mol. The maximum absolute atomic E-state index is 6.69. The number of hydrogen-bond acceptors (Lipinski definition) is 1. The van der Waals surface area contributed by atoms with E-state index in [0.29, 0.717) is 0 Å². The van der Waals surface area contributed by atoms with Crippen molar-refractivity contribution in [2.45, 2.75) is 5.41 Å². The molecule has 0 atom stereocenters. The summed E-state index contributed by atoms with van der Waals surface area (Å²) < 4.78 is 6.69. The lowest BCUT2D eigenvalue weighted by Gasteiger charge is -2.40. The van der Waals surface area contributed by atoms with Crippen molar-refractivity contribution >= 4 is 43.1 Å². The minimum atomic E-state index is -0.558. The van der Waals surface area contributed by atoms with E-state index in [0.717, 1.165) is 11.5 Å². The highest BCUT2D eigenvalue weighted by Gasteiger charge is 2.52. The van der Waals surface area contributed by atoms with E-state index in [1.165, 1.54) is 98.7 Å². The van der Waals surface area contributed by atoms with Crippen molar-refractivity contribution in [2.24, 2.45) is 0 Å². The van der Waals surface area contributed by atoms with Gasteiger partial charge in [-0.2, -0.15) is 0 Å². The fourth-order valence-corrected chi connectivity index (χ4v) is 10.1. The molecule has 54 heavy (non-hydrogen) atoms. The van der Waals surface area contributed by atoms with Crippen LogP contribution in [-0.4, -0.2) is 0 Å². The Morgan fingerprint density at radius 2 is 0.759 bits per heavy atom. The van der Waals surface area contributed by atoms with E-state index in [1.54, 1.807) is 0 Å². The second-order valence-electron chi connectivity index (χ2n) is 14.7. The zero-order chi connectivity index (χ0) is 35.4. The van der Waals surface area contributed by atoms with E-state index in [1.807, 2.05) is 0 Å². The van der Waals surface area contributed by atoms with Gasteiger partial charge in [-0.1, -0.05) is 176 Å². The van der Waals surface area contributed by atoms with Crippen LogP contribution in [0.15, 0.2) is 194 Å². The SMILES string of the molecule is c1ccc(-c2c3ccccc3c(-c3ccc4c5c(c6ccccc6c4c3)-c3ccccc3C53c4ccccc4Oc4ccccc43)c3ccccc23)cc1. The Hall–Kier alpha value is -6.96. The number of ether oxygens (including phenoxy) is 1. The van der Waals surface area contributed by atoms with E-state index >= 15 is 0 Å². The topological polar surface area (TPSA) is 9.23 Å². The molecule has 1 aliphatic carbocycles. The second-order valence-corrected chi connectivity index (χ2v) is 14.7. The highest BCUT2D eigenvalue weighted by molar-refractivity contribution is 6.24. The molecule has 10 aromatic rings. The van der Waals surface area contributed by atoms with Crippen LogP contribution in [0.2, 0.25) is 0 Å². The van der Waals surface area contributed by atoms with Crippen LogP contribution < -0.4 is 4.74 Å². The average Bonchev–Trinajstić information content (AvgIpc) is 3.54. The van der Waals surface area contributed by atoms with E-state index in [2.05, 4.69) is 194 Å². The van der Waals surface area contributed by atoms with Crippen LogP contribution in [0.4, 0.5) is 0 Å². The van der Waals surface area contributed by atoms with E-state index < -0.39 is 5.41 Å². The Morgan fingerprint density at radius 3 is 1.37 bits per heavy atom. The number of benzene rings is 10. The molecule has 0 saturated carbocycles. The summed E-state index contributed by atoms with van der Waals surface area (Å²) in [4.78, 5) is 0. The summed E-state index contributed by atoms with van der Waals surface area (Å²) >= 11 is 0. The third-order valence-electron chi connectivity index (χ3n) is 12.1. The molecule has 12 rings (SSSR count). The molecule has 1 heteroatoms. The first-order chi connectivity index (χ1) is 26.8. The second kappa shape index (κ2) is 11.0. The van der Waals surface area contributed by atoms with Gasteiger partial charge in [-0.3, -0.25) is 0 Å². The van der Waals surface area contributed by atoms with Gasteiger partial charge in [-0.05, 0) is 106 Å². The lowest BCUT2D eigenvalue weighted by molar-refractivity contribution is 0.437. The Labute approximate surface area is 313 Å². The standard InChI is InChI=1S/C53H32O/c1-2-16-33(17-3-1)49-37-20-6-8-22-39(37)50(40-23-9-7-21-38(40)49)34-30-31-41-43(32-34)35-18-4-5-19-36(35)51-42-24-10-11-25-44(42)53(52(41)51)45-26-12-14-28-47(45)54-48-29-15-13-27-46(48)53/h1-32H. The van der Waals surface area contributed by atoms with Gasteiger partial charge in [0.05, 0.1) is 5.41 Å². The average molecular weight is 685 g/mol. The molecule has 0 aromatic heterocycles. The van der Waals surface area contributed by atoms with Crippen LogP contribution in [0, 0.1) is 0 Å². The first-order valence-electron chi connectivity index (χ1n) is 18.8. The fraction of sp³-hybridized carbons (Fsp3) is 0.0189. The molecule has 1 nitrogen and oxygen atoms in total. The lowest BCUT2D eigenvalue weighted by Crippen LogP contribution is -2.32. The molecule has 250 valence electrons. The maximum atomic E-state index is 6.69. The first kappa shape index (κ1) is 29.6. The third kappa shape index (κ3) is 3.78. The van der Waals surface area contributed by atoms with Gasteiger partial charge >= 0.3 is 0 Å². The van der Waals surface area contributed by atoms with Crippen molar-refractivity contribution < 1.29 is 4.74 Å². The number of fused-ring (bicyclic) bond motifs is 16. The van der Waals surface area contributed by atoms with Gasteiger partial charge in [0.2, 0.25) is 0 Å². The van der Waals surface area contributed by atoms with Crippen molar-refractivity contribution in [1.29, 1.82) is 0 Å². The summed E-state index contributed by atoms with van der Waals surface area (Å²) in [6.45, 7) is 0. The van der Waals surface area contributed by atoms with Crippen LogP contribution in [0.1, 0.15) is 22.3 Å². The normalized spacial score (nSPS) is 13.5. The van der Waals surface area contributed by atoms with Gasteiger partial charge in [0.1, 0.15) is 11.5 Å². The van der Waals surface area contributed by atoms with Crippen LogP contribution in [-0.2, 0) is 5.41 Å². The number of para-hydroxylation sites is 2. The largest absolute Gasteiger partial charge is 0.457 e. The summed E-state index contributed by atoms with van der Waals surface area (Å²) in [5.41, 5.74) is 12.1. The summed E-state index contributed by atoms with van der Waals surface area (Å²) in [6.07, 6.45) is 0. The molecule has 0 radical (unpaired) electrons. The summed E-state index contributed by atoms with van der Waals surface area (Å²) in [5, 5.41) is 10.1. The Bertz CT molecular complexity index is 3090. The van der Waals surface area contributed by atoms with E-state index in [4.69, 9.17) is 4.74 Å². The van der Waals surface area contributed by atoms with Crippen molar-refractivity contribution in [3.05, 3.63) is 216 Å². The molecular weight excluding hydrogens is 653 g/mol. The van der Waals surface area contributed by atoms with Gasteiger partial charge in [0.25, 0.3) is 0 Å². The molecule has 1 heterocycles. The van der Waals surface area contributed by atoms with Crippen molar-refractivity contribution in [3.8, 4) is 44.9 Å². The van der Waals surface area contributed by atoms with Crippen LogP contribution >= 0.6 is 0 Å². The summed E-state index contributed by atoms with van der Waals surface area (Å²) in [6, 6.07) is 71.4. The zero-order valence-corrected chi connectivity index (χ0v) is 29.4. The van der Waals surface area contributed by atoms with Gasteiger partial charge in [0.15, 0.2) is 0 Å². The van der Waals surface area contributed by atoms with Gasteiger partial charge in [0, 0.05) is 11.1 Å². The molecule has 1 spiro atoms. The summed E-state index contributed by atoms with van der Waals surface area (Å²) in [5.74, 6) is 1.82. The molecule has 0 fully saturated rings. The number of rotatable bonds is 2. The van der Waals surface area contributed by atoms with Crippen molar-refractivity contribution in [1.82, 2.24) is 0 Å². The Morgan fingerprint density at radius 1 is 0.296 bits per heavy atom. The smallest absolute Gasteiger partial charge is 0.132 e. The molecular formula is C53H32O. The maximum Gasteiger partial charge on any atom is 0.132 e. The van der Waals surface area contributed by atoms with Crippen molar-refractivity contribution in [2.75, 3.05) is 0 Å². The fourth-order valence-electron chi connectivity index (χ4n) is 10.1. The molecule has 1 aliphatic heterocycles.